The lowest BCUT2D eigenvalue weighted by molar-refractivity contribution is 0.161. The van der Waals surface area contributed by atoms with E-state index in [1.165, 1.54) is 0 Å². The zero-order valence-corrected chi connectivity index (χ0v) is 19.0. The van der Waals surface area contributed by atoms with Crippen LogP contribution in [0.2, 0.25) is 0 Å². The van der Waals surface area contributed by atoms with Gasteiger partial charge in [-0.3, -0.25) is 10.2 Å². The normalized spacial score (nSPS) is 10.7. The van der Waals surface area contributed by atoms with Crippen molar-refractivity contribution >= 4 is 23.5 Å². The Hall–Kier alpha value is -3.14. The molecule has 2 rings (SSSR count). The van der Waals surface area contributed by atoms with Crippen LogP contribution in [0.25, 0.3) is 0 Å². The topological polar surface area (TPSA) is 123 Å². The maximum Gasteiger partial charge on any atom is 0.411 e. The molecule has 2 aromatic carbocycles. The molecule has 0 spiro atoms. The monoisotopic (exact) mass is 458 g/mol. The van der Waals surface area contributed by atoms with Crippen LogP contribution in [0.3, 0.4) is 0 Å². The first kappa shape index (κ1) is 26.1. The van der Waals surface area contributed by atoms with Crippen LogP contribution in [0, 0.1) is 0 Å². The molecule has 0 aromatic heterocycles. The quantitative estimate of drug-likeness (QED) is 0.314. The van der Waals surface area contributed by atoms with Crippen molar-refractivity contribution in [2.45, 2.75) is 19.8 Å². The lowest BCUT2D eigenvalue weighted by Crippen LogP contribution is -2.39. The summed E-state index contributed by atoms with van der Waals surface area (Å²) in [6.07, 6.45) is 1.05. The van der Waals surface area contributed by atoms with Crippen LogP contribution in [0.4, 0.5) is 21.0 Å². The number of nitrogens with one attached hydrogen (secondary N) is 3. The van der Waals surface area contributed by atoms with E-state index < -0.39 is 6.09 Å². The van der Waals surface area contributed by atoms with Gasteiger partial charge in [0.15, 0.2) is 0 Å². The second kappa shape index (κ2) is 14.8. The number of amides is 3. The lowest BCUT2D eigenvalue weighted by Gasteiger charge is -2.20. The van der Waals surface area contributed by atoms with Crippen molar-refractivity contribution in [2.75, 3.05) is 56.6 Å². The molecule has 0 saturated heterocycles. The fourth-order valence-corrected chi connectivity index (χ4v) is 3.12. The van der Waals surface area contributed by atoms with Crippen LogP contribution < -0.4 is 16.0 Å². The van der Waals surface area contributed by atoms with Crippen LogP contribution in [0.15, 0.2) is 48.5 Å². The Balaban J connectivity index is 1.77. The average molecular weight is 459 g/mol. The number of ether oxygens (including phenoxy) is 1. The molecule has 9 nitrogen and oxygen atoms in total. The second-order valence-corrected chi connectivity index (χ2v) is 7.50. The fraction of sp³-hybridized carbons (Fsp3) is 0.417. The van der Waals surface area contributed by atoms with Gasteiger partial charge in [0, 0.05) is 37.6 Å². The van der Waals surface area contributed by atoms with E-state index >= 15 is 0 Å². The molecule has 0 heterocycles. The maximum absolute atomic E-state index is 12.1. The number of carbonyl (C=O) groups is 2. The minimum atomic E-state index is -0.454. The number of anilines is 2. The van der Waals surface area contributed by atoms with Crippen molar-refractivity contribution in [3.63, 3.8) is 0 Å². The highest BCUT2D eigenvalue weighted by molar-refractivity contribution is 5.89. The molecule has 0 saturated carbocycles. The van der Waals surface area contributed by atoms with Crippen molar-refractivity contribution in [3.8, 4) is 0 Å². The van der Waals surface area contributed by atoms with Gasteiger partial charge in [0.1, 0.15) is 0 Å². The first-order valence-corrected chi connectivity index (χ1v) is 11.1. The van der Waals surface area contributed by atoms with Crippen molar-refractivity contribution in [1.29, 1.82) is 0 Å². The van der Waals surface area contributed by atoms with E-state index in [-0.39, 0.29) is 19.2 Å². The summed E-state index contributed by atoms with van der Waals surface area (Å²) in [5, 5.41) is 26.3. The van der Waals surface area contributed by atoms with Gasteiger partial charge in [-0.2, -0.15) is 0 Å². The van der Waals surface area contributed by atoms with Gasteiger partial charge in [0.25, 0.3) is 0 Å². The van der Waals surface area contributed by atoms with Gasteiger partial charge < -0.3 is 25.6 Å². The highest BCUT2D eigenvalue weighted by atomic mass is 16.5. The summed E-state index contributed by atoms with van der Waals surface area (Å²) in [6.45, 7) is 4.21. The van der Waals surface area contributed by atoms with Gasteiger partial charge in [-0.05, 0) is 48.2 Å². The molecule has 0 aliphatic carbocycles. The van der Waals surface area contributed by atoms with Gasteiger partial charge >= 0.3 is 12.1 Å². The van der Waals surface area contributed by atoms with Crippen molar-refractivity contribution < 1.29 is 24.5 Å². The molecule has 0 aliphatic rings. The molecule has 3 amide bonds. The molecule has 5 N–H and O–H groups in total. The van der Waals surface area contributed by atoms with E-state index in [4.69, 9.17) is 14.9 Å². The zero-order valence-electron chi connectivity index (χ0n) is 19.0. The minimum Gasteiger partial charge on any atom is -0.449 e. The number of urea groups is 1. The van der Waals surface area contributed by atoms with E-state index in [9.17, 15) is 9.59 Å². The third-order valence-electron chi connectivity index (χ3n) is 4.80. The number of aliphatic hydroxyl groups excluding tert-OH is 2. The summed E-state index contributed by atoms with van der Waals surface area (Å²) >= 11 is 0. The van der Waals surface area contributed by atoms with Crippen molar-refractivity contribution in [1.82, 2.24) is 10.2 Å². The van der Waals surface area contributed by atoms with E-state index in [2.05, 4.69) is 16.0 Å². The van der Waals surface area contributed by atoms with Crippen LogP contribution in [0.1, 0.15) is 24.5 Å². The van der Waals surface area contributed by atoms with E-state index in [1.807, 2.05) is 60.4 Å². The molecule has 180 valence electrons. The second-order valence-electron chi connectivity index (χ2n) is 7.50. The number of carbonyl (C=O) groups excluding carboxylic acids is 2. The van der Waals surface area contributed by atoms with Crippen molar-refractivity contribution in [2.24, 2.45) is 0 Å². The van der Waals surface area contributed by atoms with Gasteiger partial charge in [0.05, 0.1) is 19.8 Å². The molecule has 0 atom stereocenters. The molecule has 0 fully saturated rings. The van der Waals surface area contributed by atoms with Crippen LogP contribution in [-0.4, -0.2) is 73.2 Å². The maximum atomic E-state index is 12.1. The Bertz CT molecular complexity index is 837. The standard InChI is InChI=1S/C24H34N4O5/c1-2-17-33-24(32)27-22-9-5-20(6-10-22)18-19-3-7-21(8-4-19)26-23(31)25-11-12-28(13-15-29)14-16-30/h3-10,29-30H,2,11-18H2,1H3,(H,27,32)(H2,25,26,31). The van der Waals surface area contributed by atoms with Crippen molar-refractivity contribution in [3.05, 3.63) is 59.7 Å². The summed E-state index contributed by atoms with van der Waals surface area (Å²) in [6, 6.07) is 14.9. The Morgan fingerprint density at radius 2 is 1.39 bits per heavy atom. The van der Waals surface area contributed by atoms with Gasteiger partial charge in [-0.25, -0.2) is 9.59 Å². The van der Waals surface area contributed by atoms with Crippen LogP contribution in [0.5, 0.6) is 0 Å². The molecule has 0 radical (unpaired) electrons. The largest absolute Gasteiger partial charge is 0.449 e. The molecule has 0 bridgehead atoms. The fourth-order valence-electron chi connectivity index (χ4n) is 3.12. The van der Waals surface area contributed by atoms with E-state index in [0.717, 1.165) is 24.0 Å². The first-order chi connectivity index (χ1) is 16.0. The Morgan fingerprint density at radius 1 is 0.848 bits per heavy atom. The molecule has 2 aromatic rings. The van der Waals surface area contributed by atoms with E-state index in [0.29, 0.717) is 44.2 Å². The molecular formula is C24H34N4O5. The molecule has 33 heavy (non-hydrogen) atoms. The highest BCUT2D eigenvalue weighted by Crippen LogP contribution is 2.16. The summed E-state index contributed by atoms with van der Waals surface area (Å²) in [5.74, 6) is 0. The third-order valence-corrected chi connectivity index (χ3v) is 4.80. The summed E-state index contributed by atoms with van der Waals surface area (Å²) in [4.78, 5) is 25.6. The highest BCUT2D eigenvalue weighted by Gasteiger charge is 2.06. The van der Waals surface area contributed by atoms with Crippen LogP contribution >= 0.6 is 0 Å². The first-order valence-electron chi connectivity index (χ1n) is 11.1. The summed E-state index contributed by atoms with van der Waals surface area (Å²) in [5.41, 5.74) is 3.55. The Morgan fingerprint density at radius 3 is 1.91 bits per heavy atom. The van der Waals surface area contributed by atoms with E-state index in [1.54, 1.807) is 0 Å². The lowest BCUT2D eigenvalue weighted by atomic mass is 10.0. The Labute approximate surface area is 194 Å². The Kier molecular flexibility index (Phi) is 11.7. The number of nitrogens with zero attached hydrogens (tertiary/aromatic N) is 1. The van der Waals surface area contributed by atoms with Gasteiger partial charge in [-0.1, -0.05) is 31.2 Å². The number of aliphatic hydroxyl groups is 2. The van der Waals surface area contributed by atoms with Crippen LogP contribution in [-0.2, 0) is 11.2 Å². The molecular weight excluding hydrogens is 424 g/mol. The number of hydrogen-bond donors (Lipinski definition) is 5. The number of hydrogen-bond acceptors (Lipinski definition) is 6. The SMILES string of the molecule is CCCOC(=O)Nc1ccc(Cc2ccc(NC(=O)NCCN(CCO)CCO)cc2)cc1. The predicted octanol–water partition coefficient (Wildman–Crippen LogP) is 2.64. The number of benzene rings is 2. The summed E-state index contributed by atoms with van der Waals surface area (Å²) < 4.78 is 5.01. The summed E-state index contributed by atoms with van der Waals surface area (Å²) in [7, 11) is 0. The predicted molar refractivity (Wildman–Crippen MR) is 129 cm³/mol. The average Bonchev–Trinajstić information content (AvgIpc) is 2.80. The minimum absolute atomic E-state index is 0.00720. The van der Waals surface area contributed by atoms with Gasteiger partial charge in [-0.15, -0.1) is 0 Å². The zero-order chi connectivity index (χ0) is 23.9. The number of rotatable bonds is 13. The molecule has 0 aliphatic heterocycles. The third kappa shape index (κ3) is 10.3. The van der Waals surface area contributed by atoms with Gasteiger partial charge in [0.2, 0.25) is 0 Å². The smallest absolute Gasteiger partial charge is 0.411 e. The molecule has 0 unspecified atom stereocenters. The molecule has 9 heteroatoms.